The summed E-state index contributed by atoms with van der Waals surface area (Å²) in [7, 11) is 4.03. The minimum atomic E-state index is 0.243. The van der Waals surface area contributed by atoms with Crippen LogP contribution < -0.4 is 4.90 Å². The first kappa shape index (κ1) is 13.9. The second-order valence-electron chi connectivity index (χ2n) is 5.09. The zero-order valence-electron chi connectivity index (χ0n) is 11.8. The van der Waals surface area contributed by atoms with Gasteiger partial charge in [-0.05, 0) is 48.1 Å². The second-order valence-corrected chi connectivity index (χ2v) is 5.09. The summed E-state index contributed by atoms with van der Waals surface area (Å²) < 4.78 is 0. The molecule has 0 N–H and O–H groups in total. The summed E-state index contributed by atoms with van der Waals surface area (Å²) in [5, 5.41) is 17.9. The summed E-state index contributed by atoms with van der Waals surface area (Å²) in [5.74, 6) is 0. The molecule has 0 saturated heterocycles. The van der Waals surface area contributed by atoms with Crippen LogP contribution in [-0.4, -0.2) is 14.1 Å². The minimum Gasteiger partial charge on any atom is -0.378 e. The molecule has 0 fully saturated rings. The highest BCUT2D eigenvalue weighted by molar-refractivity contribution is 5.72. The van der Waals surface area contributed by atoms with E-state index in [1.807, 2.05) is 32.3 Å². The van der Waals surface area contributed by atoms with E-state index >= 15 is 0 Å². The molecular formula is C17H17N3. The number of rotatable bonds is 2. The maximum atomic E-state index is 8.97. The average molecular weight is 263 g/mol. The molecule has 0 heterocycles. The van der Waals surface area contributed by atoms with Gasteiger partial charge < -0.3 is 4.90 Å². The first-order chi connectivity index (χ1) is 9.65. The second kappa shape index (κ2) is 6.08. The number of nitrogens with zero attached hydrogens (tertiary/aromatic N) is 3. The predicted octanol–water partition coefficient (Wildman–Crippen LogP) is 3.66. The van der Waals surface area contributed by atoms with Crippen LogP contribution in [0.3, 0.4) is 0 Å². The highest BCUT2D eigenvalue weighted by Gasteiger charge is 2.13. The van der Waals surface area contributed by atoms with Crippen LogP contribution >= 0.6 is 0 Å². The van der Waals surface area contributed by atoms with Gasteiger partial charge in [-0.2, -0.15) is 10.5 Å². The van der Waals surface area contributed by atoms with Gasteiger partial charge in [0.05, 0.1) is 0 Å². The molecule has 0 radical (unpaired) electrons. The third kappa shape index (κ3) is 2.90. The lowest BCUT2D eigenvalue weighted by Gasteiger charge is -2.17. The van der Waals surface area contributed by atoms with Crippen molar-refractivity contribution < 1.29 is 0 Å². The Morgan fingerprint density at radius 3 is 2.25 bits per heavy atom. The van der Waals surface area contributed by atoms with E-state index in [4.69, 9.17) is 10.5 Å². The van der Waals surface area contributed by atoms with Crippen LogP contribution in [0.4, 0.5) is 5.69 Å². The zero-order chi connectivity index (χ0) is 14.5. The molecule has 0 atom stereocenters. The van der Waals surface area contributed by atoms with Crippen molar-refractivity contribution in [2.45, 2.75) is 19.3 Å². The van der Waals surface area contributed by atoms with Gasteiger partial charge in [0.2, 0.25) is 0 Å². The normalized spacial score (nSPS) is 14.0. The zero-order valence-corrected chi connectivity index (χ0v) is 11.8. The van der Waals surface area contributed by atoms with Crippen molar-refractivity contribution in [3.05, 3.63) is 47.1 Å². The summed E-state index contributed by atoms with van der Waals surface area (Å²) in [6.07, 6.45) is 4.81. The summed E-state index contributed by atoms with van der Waals surface area (Å²) in [4.78, 5) is 2.06. The van der Waals surface area contributed by atoms with Crippen LogP contribution in [0.2, 0.25) is 0 Å². The largest absolute Gasteiger partial charge is 0.378 e. The highest BCUT2D eigenvalue weighted by atomic mass is 15.1. The lowest BCUT2D eigenvalue weighted by Crippen LogP contribution is -2.08. The molecule has 20 heavy (non-hydrogen) atoms. The van der Waals surface area contributed by atoms with Crippen molar-refractivity contribution in [2.24, 2.45) is 0 Å². The molecular weight excluding hydrogens is 246 g/mol. The molecule has 0 bridgehead atoms. The van der Waals surface area contributed by atoms with Crippen molar-refractivity contribution in [1.29, 1.82) is 10.5 Å². The van der Waals surface area contributed by atoms with Crippen molar-refractivity contribution in [3.8, 4) is 12.1 Å². The molecule has 0 spiro atoms. The fourth-order valence-corrected chi connectivity index (χ4v) is 2.39. The van der Waals surface area contributed by atoms with Crippen molar-refractivity contribution in [2.75, 3.05) is 19.0 Å². The van der Waals surface area contributed by atoms with E-state index in [9.17, 15) is 0 Å². The molecule has 1 aliphatic rings. The topological polar surface area (TPSA) is 50.8 Å². The molecule has 0 aromatic heterocycles. The number of hydrogen-bond donors (Lipinski definition) is 0. The molecule has 2 rings (SSSR count). The van der Waals surface area contributed by atoms with Crippen LogP contribution in [0.25, 0.3) is 5.57 Å². The number of nitriles is 2. The Kier molecular flexibility index (Phi) is 4.23. The van der Waals surface area contributed by atoms with E-state index in [-0.39, 0.29) is 5.57 Å². The third-order valence-electron chi connectivity index (χ3n) is 3.54. The predicted molar refractivity (Wildman–Crippen MR) is 80.8 cm³/mol. The quantitative estimate of drug-likeness (QED) is 0.765. The van der Waals surface area contributed by atoms with E-state index in [2.05, 4.69) is 29.2 Å². The molecule has 100 valence electrons. The number of allylic oxidation sites excluding steroid dienone is 4. The SMILES string of the molecule is CN(C)c1ccc(C2=CC(=C(C#N)C#N)CCC2)cc1. The lowest BCUT2D eigenvalue weighted by molar-refractivity contribution is 0.831. The van der Waals surface area contributed by atoms with Crippen molar-refractivity contribution in [3.63, 3.8) is 0 Å². The molecule has 1 aromatic rings. The number of benzene rings is 1. The molecule has 0 saturated carbocycles. The monoisotopic (exact) mass is 263 g/mol. The molecule has 1 aromatic carbocycles. The molecule has 0 amide bonds. The van der Waals surface area contributed by atoms with Crippen molar-refractivity contribution in [1.82, 2.24) is 0 Å². The van der Waals surface area contributed by atoms with Crippen LogP contribution in [-0.2, 0) is 0 Å². The Hall–Kier alpha value is -2.52. The number of anilines is 1. The molecule has 0 aliphatic heterocycles. The fourth-order valence-electron chi connectivity index (χ4n) is 2.39. The van der Waals surface area contributed by atoms with E-state index in [0.29, 0.717) is 0 Å². The van der Waals surface area contributed by atoms with Gasteiger partial charge in [0, 0.05) is 19.8 Å². The molecule has 0 unspecified atom stereocenters. The van der Waals surface area contributed by atoms with Crippen LogP contribution in [0.5, 0.6) is 0 Å². The molecule has 3 nitrogen and oxygen atoms in total. The van der Waals surface area contributed by atoms with E-state index in [1.54, 1.807) is 0 Å². The van der Waals surface area contributed by atoms with E-state index in [1.165, 1.54) is 11.1 Å². The van der Waals surface area contributed by atoms with Gasteiger partial charge in [-0.25, -0.2) is 0 Å². The summed E-state index contributed by atoms with van der Waals surface area (Å²) in [5.41, 5.74) is 4.65. The van der Waals surface area contributed by atoms with Crippen molar-refractivity contribution >= 4 is 11.3 Å². The molecule has 1 aliphatic carbocycles. The first-order valence-corrected chi connectivity index (χ1v) is 6.67. The Labute approximate surface area is 120 Å². The molecule has 3 heteroatoms. The summed E-state index contributed by atoms with van der Waals surface area (Å²) in [6, 6.07) is 12.3. The van der Waals surface area contributed by atoms with Gasteiger partial charge >= 0.3 is 0 Å². The highest BCUT2D eigenvalue weighted by Crippen LogP contribution is 2.31. The standard InChI is InChI=1S/C17H17N3/c1-20(2)17-8-6-13(7-9-17)14-4-3-5-15(10-14)16(11-18)12-19/h6-10H,3-5H2,1-2H3. The Bertz CT molecular complexity index is 618. The van der Waals surface area contributed by atoms with Gasteiger partial charge in [0.25, 0.3) is 0 Å². The first-order valence-electron chi connectivity index (χ1n) is 6.67. The van der Waals surface area contributed by atoms with Crippen LogP contribution in [0.1, 0.15) is 24.8 Å². The smallest absolute Gasteiger partial charge is 0.132 e. The van der Waals surface area contributed by atoms with E-state index in [0.717, 1.165) is 30.5 Å². The Morgan fingerprint density at radius 1 is 1.05 bits per heavy atom. The third-order valence-corrected chi connectivity index (χ3v) is 3.54. The average Bonchev–Trinajstić information content (AvgIpc) is 2.49. The van der Waals surface area contributed by atoms with Gasteiger partial charge in [0.15, 0.2) is 0 Å². The Balaban J connectivity index is 2.36. The van der Waals surface area contributed by atoms with Gasteiger partial charge in [-0.1, -0.05) is 18.2 Å². The van der Waals surface area contributed by atoms with Gasteiger partial charge in [0.1, 0.15) is 17.7 Å². The van der Waals surface area contributed by atoms with Crippen LogP contribution in [0.15, 0.2) is 41.5 Å². The van der Waals surface area contributed by atoms with Gasteiger partial charge in [-0.3, -0.25) is 0 Å². The Morgan fingerprint density at radius 2 is 1.70 bits per heavy atom. The maximum Gasteiger partial charge on any atom is 0.132 e. The summed E-state index contributed by atoms with van der Waals surface area (Å²) in [6.45, 7) is 0. The van der Waals surface area contributed by atoms with Gasteiger partial charge in [-0.15, -0.1) is 0 Å². The summed E-state index contributed by atoms with van der Waals surface area (Å²) >= 11 is 0. The van der Waals surface area contributed by atoms with Crippen LogP contribution in [0, 0.1) is 22.7 Å². The van der Waals surface area contributed by atoms with E-state index < -0.39 is 0 Å². The lowest BCUT2D eigenvalue weighted by atomic mass is 9.89. The number of hydrogen-bond acceptors (Lipinski definition) is 3. The maximum absolute atomic E-state index is 8.97. The minimum absolute atomic E-state index is 0.243. The fraction of sp³-hybridized carbons (Fsp3) is 0.294.